The molecule has 0 aliphatic rings. The second-order valence-electron chi connectivity index (χ2n) is 6.02. The average Bonchev–Trinajstić information content (AvgIpc) is 3.16. The van der Waals surface area contributed by atoms with Gasteiger partial charge in [-0.1, -0.05) is 36.0 Å². The molecule has 0 radical (unpaired) electrons. The lowest BCUT2D eigenvalue weighted by Crippen LogP contribution is -2.07. The molecule has 4 rings (SSSR count). The van der Waals surface area contributed by atoms with Crippen molar-refractivity contribution in [1.82, 2.24) is 35.2 Å². The first-order chi connectivity index (χ1) is 14.1. The summed E-state index contributed by atoms with van der Waals surface area (Å²) in [6, 6.07) is 13.8. The molecule has 2 heterocycles. The predicted molar refractivity (Wildman–Crippen MR) is 107 cm³/mol. The maximum absolute atomic E-state index is 13.5. The topological polar surface area (TPSA) is 120 Å². The normalized spacial score (nSPS) is 10.8. The highest BCUT2D eigenvalue weighted by molar-refractivity contribution is 7.98. The van der Waals surface area contributed by atoms with Gasteiger partial charge in [-0.3, -0.25) is 0 Å². The van der Waals surface area contributed by atoms with E-state index in [9.17, 15) is 4.39 Å². The summed E-state index contributed by atoms with van der Waals surface area (Å²) < 4.78 is 15.0. The molecule has 2 aromatic carbocycles. The average molecular weight is 409 g/mol. The Labute approximate surface area is 169 Å². The Morgan fingerprint density at radius 1 is 1.10 bits per heavy atom. The van der Waals surface area contributed by atoms with Crippen molar-refractivity contribution < 1.29 is 4.39 Å². The lowest BCUT2D eigenvalue weighted by atomic mass is 10.2. The first kappa shape index (κ1) is 18.7. The highest BCUT2D eigenvalue weighted by Gasteiger charge is 2.12. The SMILES string of the molecule is Cc1ccccc1Nc1nc(N)nc(CSc2nnnn2-c2cccc(F)c2)n1. The molecule has 0 saturated heterocycles. The van der Waals surface area contributed by atoms with Gasteiger partial charge < -0.3 is 11.1 Å². The molecule has 3 N–H and O–H groups in total. The zero-order chi connectivity index (χ0) is 20.2. The third-order valence-electron chi connectivity index (χ3n) is 3.91. The molecule has 0 aliphatic heterocycles. The highest BCUT2D eigenvalue weighted by Crippen LogP contribution is 2.23. The van der Waals surface area contributed by atoms with E-state index in [-0.39, 0.29) is 11.8 Å². The van der Waals surface area contributed by atoms with Crippen LogP contribution in [0.2, 0.25) is 0 Å². The Morgan fingerprint density at radius 2 is 1.97 bits per heavy atom. The molecule has 0 unspecified atom stereocenters. The summed E-state index contributed by atoms with van der Waals surface area (Å²) in [5.74, 6) is 0.909. The standard InChI is InChI=1S/C18H16FN9S/c1-11-5-2-3-8-14(11)21-17-23-15(22-16(20)24-17)10-29-18-25-26-27-28(18)13-7-4-6-12(19)9-13/h2-9H,10H2,1H3,(H3,20,21,22,23,24). The highest BCUT2D eigenvalue weighted by atomic mass is 32.2. The summed E-state index contributed by atoms with van der Waals surface area (Å²) in [7, 11) is 0. The molecule has 0 amide bonds. The first-order valence-corrected chi connectivity index (χ1v) is 9.57. The molecule has 0 saturated carbocycles. The van der Waals surface area contributed by atoms with Crippen LogP contribution in [0, 0.1) is 12.7 Å². The van der Waals surface area contributed by atoms with E-state index in [1.54, 1.807) is 12.1 Å². The number of para-hydroxylation sites is 1. The number of aryl methyl sites for hydroxylation is 1. The van der Waals surface area contributed by atoms with Crippen LogP contribution in [0.3, 0.4) is 0 Å². The van der Waals surface area contributed by atoms with Gasteiger partial charge in [0.25, 0.3) is 0 Å². The first-order valence-electron chi connectivity index (χ1n) is 8.59. The maximum Gasteiger partial charge on any atom is 0.232 e. The minimum Gasteiger partial charge on any atom is -0.368 e. The zero-order valence-electron chi connectivity index (χ0n) is 15.3. The molecule has 2 aromatic heterocycles. The predicted octanol–water partition coefficient (Wildman–Crippen LogP) is 2.91. The molecule has 0 spiro atoms. The molecule has 0 aliphatic carbocycles. The van der Waals surface area contributed by atoms with Crippen LogP contribution in [0.4, 0.5) is 22.0 Å². The third-order valence-corrected chi connectivity index (χ3v) is 4.83. The molecule has 0 fully saturated rings. The summed E-state index contributed by atoms with van der Waals surface area (Å²) in [5, 5.41) is 15.2. The molecule has 146 valence electrons. The van der Waals surface area contributed by atoms with E-state index in [1.165, 1.54) is 28.6 Å². The second kappa shape index (κ2) is 8.19. The van der Waals surface area contributed by atoms with Gasteiger partial charge in [-0.2, -0.15) is 19.6 Å². The number of thioether (sulfide) groups is 1. The quantitative estimate of drug-likeness (QED) is 0.463. The molecule has 0 atom stereocenters. The molecular formula is C18H16FN9S. The monoisotopic (exact) mass is 409 g/mol. The smallest absolute Gasteiger partial charge is 0.232 e. The maximum atomic E-state index is 13.5. The Balaban J connectivity index is 1.52. The van der Waals surface area contributed by atoms with Crippen LogP contribution < -0.4 is 11.1 Å². The van der Waals surface area contributed by atoms with Crippen LogP contribution in [0.1, 0.15) is 11.4 Å². The Hall–Kier alpha value is -3.60. The number of nitrogen functional groups attached to an aromatic ring is 1. The number of nitrogens with zero attached hydrogens (tertiary/aromatic N) is 7. The number of hydrogen-bond acceptors (Lipinski definition) is 9. The second-order valence-corrected chi connectivity index (χ2v) is 6.96. The lowest BCUT2D eigenvalue weighted by molar-refractivity contribution is 0.623. The third kappa shape index (κ3) is 4.46. The summed E-state index contributed by atoms with van der Waals surface area (Å²) in [6.07, 6.45) is 0. The van der Waals surface area contributed by atoms with Gasteiger partial charge in [-0.25, -0.2) is 4.39 Å². The number of nitrogens with two attached hydrogens (primary N) is 1. The van der Waals surface area contributed by atoms with E-state index in [2.05, 4.69) is 35.8 Å². The van der Waals surface area contributed by atoms with Crippen molar-refractivity contribution in [1.29, 1.82) is 0 Å². The molecule has 4 aromatic rings. The number of halogens is 1. The van der Waals surface area contributed by atoms with Gasteiger partial charge in [0.05, 0.1) is 11.4 Å². The lowest BCUT2D eigenvalue weighted by Gasteiger charge is -2.09. The van der Waals surface area contributed by atoms with Crippen LogP contribution >= 0.6 is 11.8 Å². The van der Waals surface area contributed by atoms with Gasteiger partial charge in [0.1, 0.15) is 11.6 Å². The van der Waals surface area contributed by atoms with Gasteiger partial charge >= 0.3 is 0 Å². The van der Waals surface area contributed by atoms with Gasteiger partial charge in [0.15, 0.2) is 0 Å². The fraction of sp³-hybridized carbons (Fsp3) is 0.111. The van der Waals surface area contributed by atoms with Crippen LogP contribution in [0.25, 0.3) is 5.69 Å². The minimum atomic E-state index is -0.369. The van der Waals surface area contributed by atoms with Crippen molar-refractivity contribution >= 4 is 29.3 Å². The fourth-order valence-electron chi connectivity index (χ4n) is 2.56. The van der Waals surface area contributed by atoms with Crippen molar-refractivity contribution in [2.24, 2.45) is 0 Å². The summed E-state index contributed by atoms with van der Waals surface area (Å²) in [5.41, 5.74) is 8.30. The van der Waals surface area contributed by atoms with Gasteiger partial charge in [-0.15, -0.1) is 5.10 Å². The molecule has 0 bridgehead atoms. The van der Waals surface area contributed by atoms with Crippen LogP contribution in [-0.2, 0) is 5.75 Å². The van der Waals surface area contributed by atoms with Crippen LogP contribution in [0.5, 0.6) is 0 Å². The Bertz CT molecular complexity index is 1150. The summed E-state index contributed by atoms with van der Waals surface area (Å²) in [6.45, 7) is 1.98. The van der Waals surface area contributed by atoms with Crippen LogP contribution in [-0.4, -0.2) is 35.2 Å². The number of anilines is 3. The largest absolute Gasteiger partial charge is 0.368 e. The van der Waals surface area contributed by atoms with E-state index in [0.717, 1.165) is 11.3 Å². The van der Waals surface area contributed by atoms with Crippen molar-refractivity contribution in [2.75, 3.05) is 11.1 Å². The van der Waals surface area contributed by atoms with E-state index < -0.39 is 0 Å². The molecule has 9 nitrogen and oxygen atoms in total. The minimum absolute atomic E-state index is 0.108. The van der Waals surface area contributed by atoms with Gasteiger partial charge in [0.2, 0.25) is 17.1 Å². The number of hydrogen-bond donors (Lipinski definition) is 2. The summed E-state index contributed by atoms with van der Waals surface area (Å²) in [4.78, 5) is 12.7. The fourth-order valence-corrected chi connectivity index (χ4v) is 3.31. The molecule has 11 heteroatoms. The molecule has 29 heavy (non-hydrogen) atoms. The van der Waals surface area contributed by atoms with Crippen molar-refractivity contribution in [3.05, 3.63) is 65.7 Å². The van der Waals surface area contributed by atoms with Crippen molar-refractivity contribution in [3.8, 4) is 5.69 Å². The van der Waals surface area contributed by atoms with Gasteiger partial charge in [-0.05, 0) is 47.2 Å². The van der Waals surface area contributed by atoms with E-state index >= 15 is 0 Å². The van der Waals surface area contributed by atoms with Crippen molar-refractivity contribution in [3.63, 3.8) is 0 Å². The van der Waals surface area contributed by atoms with Crippen LogP contribution in [0.15, 0.2) is 53.7 Å². The van der Waals surface area contributed by atoms with Gasteiger partial charge in [0, 0.05) is 5.69 Å². The van der Waals surface area contributed by atoms with E-state index in [0.29, 0.717) is 28.4 Å². The zero-order valence-corrected chi connectivity index (χ0v) is 16.1. The Morgan fingerprint density at radius 3 is 2.79 bits per heavy atom. The number of benzene rings is 2. The van der Waals surface area contributed by atoms with Crippen molar-refractivity contribution in [2.45, 2.75) is 17.8 Å². The molecular weight excluding hydrogens is 393 g/mol. The van der Waals surface area contributed by atoms with E-state index in [4.69, 9.17) is 5.73 Å². The summed E-state index contributed by atoms with van der Waals surface area (Å²) >= 11 is 1.30. The number of rotatable bonds is 6. The van der Waals surface area contributed by atoms with E-state index in [1.807, 2.05) is 31.2 Å². The number of aromatic nitrogens is 7. The number of tetrazole rings is 1. The number of nitrogens with one attached hydrogen (secondary N) is 1. The Kier molecular flexibility index (Phi) is 5.29.